The molecule has 22 heavy (non-hydrogen) atoms. The van der Waals surface area contributed by atoms with Crippen LogP contribution in [0.4, 0.5) is 4.39 Å². The van der Waals surface area contributed by atoms with Crippen LogP contribution >= 0.6 is 22.6 Å². The van der Waals surface area contributed by atoms with Gasteiger partial charge in [-0.2, -0.15) is 0 Å². The molecule has 0 fully saturated rings. The fourth-order valence-corrected chi connectivity index (χ4v) is 3.17. The summed E-state index contributed by atoms with van der Waals surface area (Å²) in [4.78, 5) is 11.5. The van der Waals surface area contributed by atoms with Gasteiger partial charge in [0.2, 0.25) is 0 Å². The number of rotatable bonds is 2. The Balaban J connectivity index is 2.07. The Morgan fingerprint density at radius 2 is 1.73 bits per heavy atom. The molecule has 2 nitrogen and oxygen atoms in total. The fourth-order valence-electron chi connectivity index (χ4n) is 2.37. The molecule has 0 heterocycles. The Morgan fingerprint density at radius 1 is 1.00 bits per heavy atom. The van der Waals surface area contributed by atoms with E-state index in [-0.39, 0.29) is 11.8 Å². The number of halogens is 2. The molecule has 0 radical (unpaired) electrons. The lowest BCUT2D eigenvalue weighted by molar-refractivity contribution is 0.0601. The Bertz CT molecular complexity index is 857. The third kappa shape index (κ3) is 2.83. The molecule has 110 valence electrons. The van der Waals surface area contributed by atoms with Crippen molar-refractivity contribution in [2.45, 2.75) is 0 Å². The second-order valence-electron chi connectivity index (χ2n) is 4.89. The Labute approximate surface area is 141 Å². The van der Waals surface area contributed by atoms with E-state index >= 15 is 0 Å². The van der Waals surface area contributed by atoms with Gasteiger partial charge in [0.25, 0.3) is 0 Å². The van der Waals surface area contributed by atoms with Gasteiger partial charge in [-0.25, -0.2) is 9.18 Å². The third-order valence-electron chi connectivity index (χ3n) is 3.51. The summed E-state index contributed by atoms with van der Waals surface area (Å²) in [7, 11) is 1.36. The number of hydrogen-bond donors (Lipinski definition) is 0. The molecule has 3 aromatic carbocycles. The first-order chi connectivity index (χ1) is 10.6. The van der Waals surface area contributed by atoms with Gasteiger partial charge in [0.15, 0.2) is 0 Å². The minimum Gasteiger partial charge on any atom is -0.465 e. The van der Waals surface area contributed by atoms with E-state index in [0.29, 0.717) is 5.56 Å². The van der Waals surface area contributed by atoms with Crippen LogP contribution in [0.15, 0.2) is 54.6 Å². The standard InChI is InChI=1S/C18H12FIO2/c1-22-18(21)12-4-2-11(3-5-12)16-9-13-6-7-15(19)8-14(13)10-17(16)20/h2-10H,1H3. The van der Waals surface area contributed by atoms with Gasteiger partial charge in [-0.05, 0) is 80.9 Å². The molecule has 0 bridgehead atoms. The third-order valence-corrected chi connectivity index (χ3v) is 4.40. The van der Waals surface area contributed by atoms with Crippen molar-refractivity contribution < 1.29 is 13.9 Å². The maximum absolute atomic E-state index is 13.3. The number of ether oxygens (including phenoxy) is 1. The zero-order valence-electron chi connectivity index (χ0n) is 11.8. The van der Waals surface area contributed by atoms with Crippen LogP contribution in [0.5, 0.6) is 0 Å². The van der Waals surface area contributed by atoms with Crippen LogP contribution in [0.1, 0.15) is 10.4 Å². The molecular formula is C18H12FIO2. The molecule has 0 saturated carbocycles. The average molecular weight is 406 g/mol. The van der Waals surface area contributed by atoms with Crippen molar-refractivity contribution in [1.29, 1.82) is 0 Å². The first-order valence-corrected chi connectivity index (χ1v) is 7.74. The van der Waals surface area contributed by atoms with E-state index in [9.17, 15) is 9.18 Å². The van der Waals surface area contributed by atoms with Crippen molar-refractivity contribution in [3.8, 4) is 11.1 Å². The van der Waals surface area contributed by atoms with Crippen molar-refractivity contribution in [2.24, 2.45) is 0 Å². The van der Waals surface area contributed by atoms with E-state index in [4.69, 9.17) is 4.74 Å². The highest BCUT2D eigenvalue weighted by Crippen LogP contribution is 2.30. The second-order valence-corrected chi connectivity index (χ2v) is 6.05. The highest BCUT2D eigenvalue weighted by atomic mass is 127. The zero-order chi connectivity index (χ0) is 15.7. The van der Waals surface area contributed by atoms with E-state index < -0.39 is 0 Å². The smallest absolute Gasteiger partial charge is 0.337 e. The van der Waals surface area contributed by atoms with Gasteiger partial charge in [-0.3, -0.25) is 0 Å². The molecule has 0 unspecified atom stereocenters. The van der Waals surface area contributed by atoms with Crippen molar-refractivity contribution in [3.63, 3.8) is 0 Å². The summed E-state index contributed by atoms with van der Waals surface area (Å²) in [6.07, 6.45) is 0. The summed E-state index contributed by atoms with van der Waals surface area (Å²) in [6.45, 7) is 0. The molecule has 0 aromatic heterocycles. The molecule has 0 aliphatic heterocycles. The first kappa shape index (κ1) is 15.0. The van der Waals surface area contributed by atoms with Crippen LogP contribution < -0.4 is 0 Å². The van der Waals surface area contributed by atoms with Crippen LogP contribution in [0.2, 0.25) is 0 Å². The molecule has 4 heteroatoms. The van der Waals surface area contributed by atoms with Gasteiger partial charge in [-0.1, -0.05) is 18.2 Å². The van der Waals surface area contributed by atoms with Gasteiger partial charge in [-0.15, -0.1) is 0 Å². The zero-order valence-corrected chi connectivity index (χ0v) is 13.9. The fraction of sp³-hybridized carbons (Fsp3) is 0.0556. The van der Waals surface area contributed by atoms with Crippen molar-refractivity contribution in [1.82, 2.24) is 0 Å². The highest BCUT2D eigenvalue weighted by molar-refractivity contribution is 14.1. The molecule has 3 aromatic rings. The highest BCUT2D eigenvalue weighted by Gasteiger charge is 2.09. The number of hydrogen-bond acceptors (Lipinski definition) is 2. The van der Waals surface area contributed by atoms with Gasteiger partial charge in [0.05, 0.1) is 12.7 Å². The van der Waals surface area contributed by atoms with Gasteiger partial charge in [0.1, 0.15) is 5.82 Å². The van der Waals surface area contributed by atoms with E-state index in [1.54, 1.807) is 18.2 Å². The Morgan fingerprint density at radius 3 is 2.41 bits per heavy atom. The number of carbonyl (C=O) groups excluding carboxylic acids is 1. The lowest BCUT2D eigenvalue weighted by Crippen LogP contribution is -2.00. The van der Waals surface area contributed by atoms with Crippen LogP contribution in [-0.2, 0) is 4.74 Å². The van der Waals surface area contributed by atoms with Crippen molar-refractivity contribution >= 4 is 39.3 Å². The molecule has 0 atom stereocenters. The van der Waals surface area contributed by atoms with Crippen molar-refractivity contribution in [2.75, 3.05) is 7.11 Å². The number of fused-ring (bicyclic) bond motifs is 1. The number of methoxy groups -OCH3 is 1. The van der Waals surface area contributed by atoms with E-state index in [1.807, 2.05) is 24.3 Å². The maximum Gasteiger partial charge on any atom is 0.337 e. The van der Waals surface area contributed by atoms with Gasteiger partial charge in [0, 0.05) is 3.57 Å². The molecule has 0 saturated heterocycles. The predicted octanol–water partition coefficient (Wildman–Crippen LogP) is 5.04. The largest absolute Gasteiger partial charge is 0.465 e. The minimum absolute atomic E-state index is 0.238. The summed E-state index contributed by atoms with van der Waals surface area (Å²) in [5, 5.41) is 1.85. The molecular weight excluding hydrogens is 394 g/mol. The lowest BCUT2D eigenvalue weighted by Gasteiger charge is -2.08. The monoisotopic (exact) mass is 406 g/mol. The summed E-state index contributed by atoms with van der Waals surface area (Å²) in [5.74, 6) is -0.589. The normalized spacial score (nSPS) is 10.7. The van der Waals surface area contributed by atoms with Gasteiger partial charge < -0.3 is 4.74 Å². The van der Waals surface area contributed by atoms with Crippen molar-refractivity contribution in [3.05, 3.63) is 69.5 Å². The molecule has 0 N–H and O–H groups in total. The lowest BCUT2D eigenvalue weighted by atomic mass is 10.0. The van der Waals surface area contributed by atoms with E-state index in [2.05, 4.69) is 22.6 Å². The van der Waals surface area contributed by atoms with E-state index in [0.717, 1.165) is 25.5 Å². The maximum atomic E-state index is 13.3. The SMILES string of the molecule is COC(=O)c1ccc(-c2cc3ccc(F)cc3cc2I)cc1. The minimum atomic E-state index is -0.352. The first-order valence-electron chi connectivity index (χ1n) is 6.66. The van der Waals surface area contributed by atoms with E-state index in [1.165, 1.54) is 19.2 Å². The number of esters is 1. The quantitative estimate of drug-likeness (QED) is 0.441. The molecule has 0 aliphatic rings. The predicted molar refractivity (Wildman–Crippen MR) is 93.4 cm³/mol. The van der Waals surface area contributed by atoms with Crippen LogP contribution in [0, 0.1) is 9.39 Å². The number of carbonyl (C=O) groups is 1. The Kier molecular flexibility index (Phi) is 4.11. The summed E-state index contributed by atoms with van der Waals surface area (Å²) in [6, 6.07) is 16.0. The van der Waals surface area contributed by atoms with Crippen LogP contribution in [0.25, 0.3) is 21.9 Å². The second kappa shape index (κ2) is 6.04. The van der Waals surface area contributed by atoms with Crippen LogP contribution in [0.3, 0.4) is 0 Å². The summed E-state index contributed by atoms with van der Waals surface area (Å²) >= 11 is 2.24. The van der Waals surface area contributed by atoms with Gasteiger partial charge >= 0.3 is 5.97 Å². The molecule has 0 aliphatic carbocycles. The van der Waals surface area contributed by atoms with Crippen LogP contribution in [-0.4, -0.2) is 13.1 Å². The molecule has 0 spiro atoms. The molecule has 3 rings (SSSR count). The Hall–Kier alpha value is -1.95. The summed E-state index contributed by atoms with van der Waals surface area (Å²) in [5.41, 5.74) is 2.57. The topological polar surface area (TPSA) is 26.3 Å². The summed E-state index contributed by atoms with van der Waals surface area (Å²) < 4.78 is 19.0. The average Bonchev–Trinajstić information content (AvgIpc) is 2.53. The number of benzene rings is 3. The molecule has 0 amide bonds.